The minimum absolute atomic E-state index is 0.211. The zero-order valence-corrected chi connectivity index (χ0v) is 6.96. The summed E-state index contributed by atoms with van der Waals surface area (Å²) in [4.78, 5) is 0. The molecule has 11 heavy (non-hydrogen) atoms. The second-order valence-electron chi connectivity index (χ2n) is 2.61. The molecule has 0 aromatic heterocycles. The van der Waals surface area contributed by atoms with E-state index >= 15 is 0 Å². The molecule has 1 rings (SSSR count). The van der Waals surface area contributed by atoms with E-state index in [-0.39, 0.29) is 6.04 Å². The van der Waals surface area contributed by atoms with Crippen LogP contribution in [0.4, 0.5) is 0 Å². The maximum absolute atomic E-state index is 3.13. The summed E-state index contributed by atoms with van der Waals surface area (Å²) in [5, 5.41) is 3.10. The van der Waals surface area contributed by atoms with Crippen molar-refractivity contribution < 1.29 is 0 Å². The number of hydrogen-bond acceptors (Lipinski definition) is 1. The fraction of sp³-hybridized carbons (Fsp3) is 0.400. The third-order valence-electron chi connectivity index (χ3n) is 1.59. The van der Waals surface area contributed by atoms with Crippen molar-refractivity contribution >= 4 is 0 Å². The zero-order valence-electron chi connectivity index (χ0n) is 6.96. The average Bonchev–Trinajstić information content (AvgIpc) is 1.98. The van der Waals surface area contributed by atoms with Crippen LogP contribution in [0.5, 0.6) is 0 Å². The maximum atomic E-state index is 3.13. The SMILES string of the molecule is CNC1C#CC(C)/C=C\C=C1. The molecule has 0 saturated heterocycles. The molecule has 0 heterocycles. The third kappa shape index (κ3) is 2.61. The molecule has 1 aliphatic rings. The van der Waals surface area contributed by atoms with Gasteiger partial charge in [0.05, 0.1) is 6.04 Å². The van der Waals surface area contributed by atoms with Gasteiger partial charge in [0.2, 0.25) is 0 Å². The molecule has 2 unspecified atom stereocenters. The summed E-state index contributed by atoms with van der Waals surface area (Å²) in [5.41, 5.74) is 0. The molecule has 1 aliphatic carbocycles. The number of hydrogen-bond donors (Lipinski definition) is 1. The molecule has 1 heteroatoms. The Balaban J connectivity index is 2.73. The van der Waals surface area contributed by atoms with Crippen molar-refractivity contribution in [1.82, 2.24) is 5.32 Å². The summed E-state index contributed by atoms with van der Waals surface area (Å²) < 4.78 is 0. The molecule has 0 aromatic rings. The van der Waals surface area contributed by atoms with E-state index in [4.69, 9.17) is 0 Å². The smallest absolute Gasteiger partial charge is 0.0876 e. The normalized spacial score (nSPS) is 31.5. The summed E-state index contributed by atoms with van der Waals surface area (Å²) in [5.74, 6) is 6.63. The first-order valence-corrected chi connectivity index (χ1v) is 3.86. The number of nitrogens with one attached hydrogen (secondary N) is 1. The van der Waals surface area contributed by atoms with Gasteiger partial charge in [-0.15, -0.1) is 0 Å². The first-order chi connectivity index (χ1) is 5.33. The van der Waals surface area contributed by atoms with Crippen LogP contribution in [0, 0.1) is 17.8 Å². The van der Waals surface area contributed by atoms with Crippen LogP contribution in [0.1, 0.15) is 6.92 Å². The van der Waals surface area contributed by atoms with Crippen molar-refractivity contribution in [2.24, 2.45) is 5.92 Å². The van der Waals surface area contributed by atoms with Gasteiger partial charge in [0.25, 0.3) is 0 Å². The Bertz CT molecular complexity index is 227. The molecule has 0 bridgehead atoms. The van der Waals surface area contributed by atoms with Crippen molar-refractivity contribution in [1.29, 1.82) is 0 Å². The number of rotatable bonds is 1. The van der Waals surface area contributed by atoms with Crippen LogP contribution < -0.4 is 5.32 Å². The van der Waals surface area contributed by atoms with Gasteiger partial charge in [-0.3, -0.25) is 0 Å². The summed E-state index contributed by atoms with van der Waals surface area (Å²) in [7, 11) is 1.92. The fourth-order valence-corrected chi connectivity index (χ4v) is 0.892. The minimum Gasteiger partial charge on any atom is -0.304 e. The van der Waals surface area contributed by atoms with Gasteiger partial charge in [-0.2, -0.15) is 0 Å². The quantitative estimate of drug-likeness (QED) is 0.552. The van der Waals surface area contributed by atoms with Crippen molar-refractivity contribution in [2.45, 2.75) is 13.0 Å². The predicted molar refractivity (Wildman–Crippen MR) is 48.1 cm³/mol. The van der Waals surface area contributed by atoms with Gasteiger partial charge < -0.3 is 5.32 Å². The molecule has 1 N–H and O–H groups in total. The molecular weight excluding hydrogens is 134 g/mol. The molecule has 0 aliphatic heterocycles. The molecular formula is C10H13N. The number of allylic oxidation sites excluding steroid dienone is 3. The lowest BCUT2D eigenvalue weighted by molar-refractivity contribution is 0.806. The molecule has 58 valence electrons. The molecule has 1 nitrogen and oxygen atoms in total. The highest BCUT2D eigenvalue weighted by Gasteiger charge is 1.96. The summed E-state index contributed by atoms with van der Waals surface area (Å²) in [6.07, 6.45) is 8.22. The number of likely N-dealkylation sites (N-methyl/N-ethyl adjacent to an activating group) is 1. The summed E-state index contributed by atoms with van der Waals surface area (Å²) in [6.45, 7) is 2.09. The lowest BCUT2D eigenvalue weighted by Gasteiger charge is -2.04. The van der Waals surface area contributed by atoms with Crippen molar-refractivity contribution in [3.63, 3.8) is 0 Å². The van der Waals surface area contributed by atoms with E-state index in [2.05, 4.69) is 36.2 Å². The predicted octanol–water partition coefficient (Wildman–Crippen LogP) is 1.34. The maximum Gasteiger partial charge on any atom is 0.0876 e. The highest BCUT2D eigenvalue weighted by Crippen LogP contribution is 1.98. The Hall–Kier alpha value is -1.00. The van der Waals surface area contributed by atoms with Gasteiger partial charge in [0.1, 0.15) is 0 Å². The minimum atomic E-state index is 0.211. The third-order valence-corrected chi connectivity index (χ3v) is 1.59. The monoisotopic (exact) mass is 147 g/mol. The van der Waals surface area contributed by atoms with E-state index in [1.807, 2.05) is 19.2 Å². The van der Waals surface area contributed by atoms with Gasteiger partial charge in [-0.25, -0.2) is 0 Å². The van der Waals surface area contributed by atoms with Crippen molar-refractivity contribution in [3.8, 4) is 11.8 Å². The van der Waals surface area contributed by atoms with Crippen molar-refractivity contribution in [3.05, 3.63) is 24.3 Å². The van der Waals surface area contributed by atoms with Crippen LogP contribution in [0.15, 0.2) is 24.3 Å². The van der Waals surface area contributed by atoms with E-state index in [1.165, 1.54) is 0 Å². The molecule has 0 aromatic carbocycles. The fourth-order valence-electron chi connectivity index (χ4n) is 0.892. The highest BCUT2D eigenvalue weighted by atomic mass is 14.8. The first-order valence-electron chi connectivity index (χ1n) is 3.86. The van der Waals surface area contributed by atoms with Crippen LogP contribution in [0.25, 0.3) is 0 Å². The van der Waals surface area contributed by atoms with Gasteiger partial charge in [0.15, 0.2) is 0 Å². The second-order valence-corrected chi connectivity index (χ2v) is 2.61. The van der Waals surface area contributed by atoms with Crippen LogP contribution >= 0.6 is 0 Å². The van der Waals surface area contributed by atoms with E-state index in [1.54, 1.807) is 0 Å². The van der Waals surface area contributed by atoms with Crippen LogP contribution in [0.3, 0.4) is 0 Å². The largest absolute Gasteiger partial charge is 0.304 e. The lowest BCUT2D eigenvalue weighted by atomic mass is 10.1. The van der Waals surface area contributed by atoms with E-state index in [0.29, 0.717) is 5.92 Å². The van der Waals surface area contributed by atoms with Gasteiger partial charge >= 0.3 is 0 Å². The Morgan fingerprint density at radius 3 is 2.64 bits per heavy atom. The lowest BCUT2D eigenvalue weighted by Crippen LogP contribution is -2.20. The van der Waals surface area contributed by atoms with Crippen LogP contribution in [-0.4, -0.2) is 13.1 Å². The van der Waals surface area contributed by atoms with Crippen molar-refractivity contribution in [2.75, 3.05) is 7.05 Å². The summed E-state index contributed by atoms with van der Waals surface area (Å²) in [6, 6.07) is 0.211. The Kier molecular flexibility index (Phi) is 2.95. The summed E-state index contributed by atoms with van der Waals surface area (Å²) >= 11 is 0. The molecule has 0 saturated carbocycles. The average molecular weight is 147 g/mol. The molecule has 2 atom stereocenters. The Labute approximate surface area is 68.2 Å². The highest BCUT2D eigenvalue weighted by molar-refractivity contribution is 5.24. The van der Waals surface area contributed by atoms with Crippen LogP contribution in [0.2, 0.25) is 0 Å². The topological polar surface area (TPSA) is 12.0 Å². The Morgan fingerprint density at radius 1 is 1.18 bits per heavy atom. The van der Waals surface area contributed by atoms with E-state index < -0.39 is 0 Å². The standard InChI is InChI=1S/C10H13N/c1-9-5-3-4-6-10(11-2)8-7-9/h3-6,9-11H,1-2H3/b5-3-,6-4?. The van der Waals surface area contributed by atoms with Gasteiger partial charge in [-0.05, 0) is 14.0 Å². The van der Waals surface area contributed by atoms with Gasteiger partial charge in [0, 0.05) is 5.92 Å². The molecule has 0 radical (unpaired) electrons. The van der Waals surface area contributed by atoms with Crippen LogP contribution in [-0.2, 0) is 0 Å². The Morgan fingerprint density at radius 2 is 1.91 bits per heavy atom. The van der Waals surface area contributed by atoms with E-state index in [0.717, 1.165) is 0 Å². The zero-order chi connectivity index (χ0) is 8.10. The van der Waals surface area contributed by atoms with Gasteiger partial charge in [-0.1, -0.05) is 36.1 Å². The first kappa shape index (κ1) is 8.10. The molecule has 0 fully saturated rings. The van der Waals surface area contributed by atoms with E-state index in [9.17, 15) is 0 Å². The molecule has 0 amide bonds. The molecule has 0 spiro atoms. The second kappa shape index (κ2) is 4.00.